The Morgan fingerprint density at radius 3 is 2.70 bits per heavy atom. The molecule has 0 spiro atoms. The van der Waals surface area contributed by atoms with Gasteiger partial charge in [-0.15, -0.1) is 6.58 Å². The van der Waals surface area contributed by atoms with Crippen molar-refractivity contribution in [3.63, 3.8) is 0 Å². The first-order chi connectivity index (χ1) is 12.8. The molecule has 0 bridgehead atoms. The lowest BCUT2D eigenvalue weighted by Gasteiger charge is -2.27. The molecule has 0 unspecified atom stereocenters. The highest BCUT2D eigenvalue weighted by molar-refractivity contribution is 6.08. The number of carbonyl (C=O) groups excluding carboxylic acids is 2. The number of nitrogens with one attached hydrogen (secondary N) is 1. The SMILES string of the molecule is C=CCN1C(=O)[C@](O)([C@H](C)/C=C/CCO)c2cc(NC(=O)[C@H](C)O)ccc21. The maximum absolute atomic E-state index is 13.0. The van der Waals surface area contributed by atoms with E-state index in [-0.39, 0.29) is 13.2 Å². The Hall–Kier alpha value is -2.48. The summed E-state index contributed by atoms with van der Waals surface area (Å²) in [7, 11) is 0. The van der Waals surface area contributed by atoms with Gasteiger partial charge >= 0.3 is 0 Å². The second-order valence-corrected chi connectivity index (χ2v) is 6.60. The van der Waals surface area contributed by atoms with Gasteiger partial charge in [-0.2, -0.15) is 0 Å². The normalized spacial score (nSPS) is 21.2. The Bertz CT molecular complexity index is 759. The Morgan fingerprint density at radius 1 is 1.41 bits per heavy atom. The largest absolute Gasteiger partial charge is 0.396 e. The van der Waals surface area contributed by atoms with E-state index in [0.717, 1.165) is 0 Å². The predicted octanol–water partition coefficient (Wildman–Crippen LogP) is 1.30. The average Bonchev–Trinajstić information content (AvgIpc) is 2.84. The van der Waals surface area contributed by atoms with Crippen LogP contribution in [0.15, 0.2) is 43.0 Å². The standard InChI is InChI=1S/C20H26N2O5/c1-4-10-22-17-9-8-15(21-18(25)14(3)24)12-16(17)20(27,19(22)26)13(2)7-5-6-11-23/h4-5,7-9,12-14,23-24,27H,1,6,10-11H2,2-3H3,(H,21,25)/b7-5+/t13-,14+,20+/m1/s1. The molecule has 1 aliphatic heterocycles. The third-order valence-corrected chi connectivity index (χ3v) is 4.61. The van der Waals surface area contributed by atoms with Gasteiger partial charge in [0.1, 0.15) is 6.10 Å². The topological polar surface area (TPSA) is 110 Å². The van der Waals surface area contributed by atoms with Crippen molar-refractivity contribution in [2.75, 3.05) is 23.4 Å². The molecule has 1 heterocycles. The summed E-state index contributed by atoms with van der Waals surface area (Å²) in [6, 6.07) is 4.81. The van der Waals surface area contributed by atoms with Crippen LogP contribution in [0.1, 0.15) is 25.8 Å². The van der Waals surface area contributed by atoms with Crippen molar-refractivity contribution in [1.29, 1.82) is 0 Å². The fraction of sp³-hybridized carbons (Fsp3) is 0.400. The zero-order valence-corrected chi connectivity index (χ0v) is 15.6. The minimum atomic E-state index is -1.81. The molecule has 4 N–H and O–H groups in total. The summed E-state index contributed by atoms with van der Waals surface area (Å²) < 4.78 is 0. The maximum atomic E-state index is 13.0. The van der Waals surface area contributed by atoms with Gasteiger partial charge in [0.2, 0.25) is 0 Å². The number of benzene rings is 1. The number of fused-ring (bicyclic) bond motifs is 1. The predicted molar refractivity (Wildman–Crippen MR) is 103 cm³/mol. The molecular weight excluding hydrogens is 348 g/mol. The van der Waals surface area contributed by atoms with E-state index >= 15 is 0 Å². The molecule has 2 amide bonds. The van der Waals surface area contributed by atoms with Crippen LogP contribution in [0.2, 0.25) is 0 Å². The lowest BCUT2D eigenvalue weighted by Crippen LogP contribution is -2.44. The Labute approximate surface area is 158 Å². The summed E-state index contributed by atoms with van der Waals surface area (Å²) in [6.45, 7) is 6.94. The molecule has 1 aromatic rings. The van der Waals surface area contributed by atoms with Gasteiger partial charge in [-0.25, -0.2) is 0 Å². The van der Waals surface area contributed by atoms with Gasteiger partial charge in [0.15, 0.2) is 5.60 Å². The van der Waals surface area contributed by atoms with Crippen LogP contribution in [0.4, 0.5) is 11.4 Å². The molecule has 2 rings (SSSR count). The molecule has 0 radical (unpaired) electrons. The monoisotopic (exact) mass is 374 g/mol. The van der Waals surface area contributed by atoms with Crippen molar-refractivity contribution in [3.8, 4) is 0 Å². The molecule has 0 aliphatic carbocycles. The smallest absolute Gasteiger partial charge is 0.264 e. The summed E-state index contributed by atoms with van der Waals surface area (Å²) in [6.07, 6.45) is 4.21. The van der Waals surface area contributed by atoms with Crippen LogP contribution in [0, 0.1) is 5.92 Å². The minimum Gasteiger partial charge on any atom is -0.396 e. The zero-order valence-electron chi connectivity index (χ0n) is 15.6. The lowest BCUT2D eigenvalue weighted by atomic mass is 9.82. The zero-order chi connectivity index (χ0) is 20.2. The number of amides is 2. The van der Waals surface area contributed by atoms with Gasteiger partial charge in [-0.3, -0.25) is 9.59 Å². The van der Waals surface area contributed by atoms with Gasteiger partial charge in [0.25, 0.3) is 11.8 Å². The fourth-order valence-corrected chi connectivity index (χ4v) is 3.10. The van der Waals surface area contributed by atoms with Crippen LogP contribution in [-0.2, 0) is 15.2 Å². The third kappa shape index (κ3) is 3.95. The number of aliphatic hydroxyl groups excluding tert-OH is 2. The molecule has 1 aromatic carbocycles. The number of hydrogen-bond acceptors (Lipinski definition) is 5. The molecule has 3 atom stereocenters. The maximum Gasteiger partial charge on any atom is 0.264 e. The number of rotatable bonds is 8. The first kappa shape index (κ1) is 20.8. The van der Waals surface area contributed by atoms with Crippen molar-refractivity contribution < 1.29 is 24.9 Å². The highest BCUT2D eigenvalue weighted by atomic mass is 16.3. The van der Waals surface area contributed by atoms with Gasteiger partial charge < -0.3 is 25.5 Å². The highest BCUT2D eigenvalue weighted by Gasteiger charge is 2.52. The van der Waals surface area contributed by atoms with E-state index < -0.39 is 29.4 Å². The highest BCUT2D eigenvalue weighted by Crippen LogP contribution is 2.46. The van der Waals surface area contributed by atoms with Crippen molar-refractivity contribution in [3.05, 3.63) is 48.6 Å². The van der Waals surface area contributed by atoms with Crippen LogP contribution >= 0.6 is 0 Å². The third-order valence-electron chi connectivity index (χ3n) is 4.61. The molecule has 0 saturated heterocycles. The van der Waals surface area contributed by atoms with Crippen molar-refractivity contribution in [1.82, 2.24) is 0 Å². The van der Waals surface area contributed by atoms with Crippen molar-refractivity contribution in [2.24, 2.45) is 5.92 Å². The van der Waals surface area contributed by atoms with E-state index in [1.54, 1.807) is 43.4 Å². The quantitative estimate of drug-likeness (QED) is 0.513. The van der Waals surface area contributed by atoms with Gasteiger partial charge in [-0.1, -0.05) is 25.2 Å². The lowest BCUT2D eigenvalue weighted by molar-refractivity contribution is -0.139. The van der Waals surface area contributed by atoms with Crippen LogP contribution in [0.25, 0.3) is 0 Å². The summed E-state index contributed by atoms with van der Waals surface area (Å²) in [4.78, 5) is 26.2. The van der Waals surface area contributed by atoms with Crippen LogP contribution < -0.4 is 10.2 Å². The Morgan fingerprint density at radius 2 is 2.11 bits per heavy atom. The van der Waals surface area contributed by atoms with Crippen LogP contribution in [-0.4, -0.2) is 46.4 Å². The van der Waals surface area contributed by atoms with Crippen LogP contribution in [0.3, 0.4) is 0 Å². The second kappa shape index (κ2) is 8.47. The fourth-order valence-electron chi connectivity index (χ4n) is 3.10. The van der Waals surface area contributed by atoms with E-state index in [1.807, 2.05) is 0 Å². The molecule has 7 heteroatoms. The number of anilines is 2. The van der Waals surface area contributed by atoms with E-state index in [2.05, 4.69) is 11.9 Å². The molecule has 0 saturated carbocycles. The summed E-state index contributed by atoms with van der Waals surface area (Å²) >= 11 is 0. The number of nitrogens with zero attached hydrogens (tertiary/aromatic N) is 1. The van der Waals surface area contributed by atoms with E-state index in [1.165, 1.54) is 11.8 Å². The van der Waals surface area contributed by atoms with E-state index in [4.69, 9.17) is 5.11 Å². The van der Waals surface area contributed by atoms with Gasteiger partial charge in [0.05, 0.1) is 5.69 Å². The molecule has 1 aliphatic rings. The minimum absolute atomic E-state index is 0.0235. The summed E-state index contributed by atoms with van der Waals surface area (Å²) in [5, 5.41) is 32.2. The molecule has 7 nitrogen and oxygen atoms in total. The first-order valence-electron chi connectivity index (χ1n) is 8.83. The number of carbonyl (C=O) groups is 2. The molecule has 0 aromatic heterocycles. The molecule has 0 fully saturated rings. The molecular formula is C20H26N2O5. The Kier molecular flexibility index (Phi) is 6.54. The Balaban J connectivity index is 2.49. The molecule has 27 heavy (non-hydrogen) atoms. The van der Waals surface area contributed by atoms with Crippen LogP contribution in [0.5, 0.6) is 0 Å². The van der Waals surface area contributed by atoms with Crippen molar-refractivity contribution in [2.45, 2.75) is 32.0 Å². The van der Waals surface area contributed by atoms with E-state index in [0.29, 0.717) is 23.4 Å². The summed E-state index contributed by atoms with van der Waals surface area (Å²) in [5.74, 6) is -1.62. The number of aliphatic hydroxyl groups is 3. The second-order valence-electron chi connectivity index (χ2n) is 6.60. The first-order valence-corrected chi connectivity index (χ1v) is 8.83. The molecule has 146 valence electrons. The van der Waals surface area contributed by atoms with Gasteiger partial charge in [-0.05, 0) is 31.5 Å². The average molecular weight is 374 g/mol. The van der Waals surface area contributed by atoms with E-state index in [9.17, 15) is 19.8 Å². The van der Waals surface area contributed by atoms with Crippen molar-refractivity contribution >= 4 is 23.2 Å². The van der Waals surface area contributed by atoms with Gasteiger partial charge in [0, 0.05) is 30.3 Å². The summed E-state index contributed by atoms with van der Waals surface area (Å²) in [5.41, 5.74) is -0.521. The number of hydrogen-bond donors (Lipinski definition) is 4.